The monoisotopic (exact) mass is 354 g/mol. The number of carbonyl (C=O) groups is 1. The lowest BCUT2D eigenvalue weighted by Gasteiger charge is -2.09. The molecule has 0 aliphatic heterocycles. The lowest BCUT2D eigenvalue weighted by atomic mass is 10.1. The highest BCUT2D eigenvalue weighted by Crippen LogP contribution is 2.36. The molecule has 26 heavy (non-hydrogen) atoms. The molecule has 0 bridgehead atoms. The highest BCUT2D eigenvalue weighted by Gasteiger charge is 2.16. The Hall–Kier alpha value is -3.48. The van der Waals surface area contributed by atoms with Crippen molar-refractivity contribution in [1.29, 1.82) is 0 Å². The van der Waals surface area contributed by atoms with E-state index >= 15 is 0 Å². The smallest absolute Gasteiger partial charge is 0.307 e. The molecule has 0 saturated carbocycles. The second-order valence-corrected chi connectivity index (χ2v) is 5.53. The Bertz CT molecular complexity index is 966. The number of hydrogen-bond acceptors (Lipinski definition) is 6. The number of phenols is 1. The van der Waals surface area contributed by atoms with Gasteiger partial charge in [-0.1, -0.05) is 18.2 Å². The number of methoxy groups -OCH3 is 2. The van der Waals surface area contributed by atoms with Crippen molar-refractivity contribution >= 4 is 23.1 Å². The van der Waals surface area contributed by atoms with Gasteiger partial charge >= 0.3 is 5.91 Å². The van der Waals surface area contributed by atoms with Gasteiger partial charge in [-0.15, -0.1) is 0 Å². The summed E-state index contributed by atoms with van der Waals surface area (Å²) in [5, 5.41) is 14.7. The van der Waals surface area contributed by atoms with Crippen LogP contribution in [-0.2, 0) is 0 Å². The van der Waals surface area contributed by atoms with Crippen LogP contribution in [0.2, 0.25) is 0 Å². The average Bonchev–Trinajstić information content (AvgIpc) is 3.00. The molecule has 2 N–H and O–H groups in total. The van der Waals surface area contributed by atoms with Gasteiger partial charge in [-0.25, -0.2) is 5.43 Å². The number of phenolic OH excluding ortho intramolecular Hbond substituents is 1. The van der Waals surface area contributed by atoms with Crippen molar-refractivity contribution in [3.8, 4) is 17.2 Å². The second kappa shape index (κ2) is 7.18. The molecule has 0 saturated heterocycles. The van der Waals surface area contributed by atoms with Crippen molar-refractivity contribution in [2.45, 2.75) is 6.92 Å². The molecule has 0 spiro atoms. The van der Waals surface area contributed by atoms with Gasteiger partial charge in [-0.3, -0.25) is 4.79 Å². The van der Waals surface area contributed by atoms with Crippen molar-refractivity contribution in [3.63, 3.8) is 0 Å². The predicted octanol–water partition coefficient (Wildman–Crippen LogP) is 3.23. The number of carbonyl (C=O) groups excluding carboxylic acids is 1. The Morgan fingerprint density at radius 3 is 2.46 bits per heavy atom. The molecule has 1 heterocycles. The van der Waals surface area contributed by atoms with Gasteiger partial charge in [-0.2, -0.15) is 5.10 Å². The van der Waals surface area contributed by atoms with Gasteiger partial charge in [0.15, 0.2) is 17.3 Å². The Labute approximate surface area is 149 Å². The molecular weight excluding hydrogens is 336 g/mol. The number of benzene rings is 2. The first-order valence-corrected chi connectivity index (χ1v) is 7.81. The van der Waals surface area contributed by atoms with Crippen molar-refractivity contribution in [1.82, 2.24) is 5.43 Å². The van der Waals surface area contributed by atoms with Crippen molar-refractivity contribution in [3.05, 3.63) is 53.3 Å². The first-order chi connectivity index (χ1) is 12.5. The number of hydrazone groups is 1. The van der Waals surface area contributed by atoms with Gasteiger partial charge in [0.2, 0.25) is 5.75 Å². The van der Waals surface area contributed by atoms with Gasteiger partial charge in [0.1, 0.15) is 5.58 Å². The molecule has 134 valence electrons. The normalized spacial score (nSPS) is 11.0. The highest BCUT2D eigenvalue weighted by atomic mass is 16.5. The summed E-state index contributed by atoms with van der Waals surface area (Å²) in [6, 6.07) is 10.6. The largest absolute Gasteiger partial charge is 0.502 e. The number of nitrogens with one attached hydrogen (secondary N) is 1. The molecule has 1 amide bonds. The summed E-state index contributed by atoms with van der Waals surface area (Å²) in [5.41, 5.74) is 4.41. The molecule has 0 aliphatic rings. The minimum atomic E-state index is -0.451. The number of amides is 1. The van der Waals surface area contributed by atoms with Crippen molar-refractivity contribution in [2.75, 3.05) is 14.2 Å². The van der Waals surface area contributed by atoms with E-state index in [0.29, 0.717) is 11.1 Å². The molecular formula is C19H18N2O5. The topological polar surface area (TPSA) is 93.3 Å². The van der Waals surface area contributed by atoms with Crippen LogP contribution in [0.3, 0.4) is 0 Å². The SMILES string of the molecule is COc1cc(/C=N/NC(=O)c2oc3ccccc3c2C)cc(OC)c1O. The minimum absolute atomic E-state index is 0.103. The zero-order valence-corrected chi connectivity index (χ0v) is 14.6. The van der Waals surface area contributed by atoms with Gasteiger partial charge in [0, 0.05) is 16.5 Å². The van der Waals surface area contributed by atoms with Gasteiger partial charge in [-0.05, 0) is 25.1 Å². The van der Waals surface area contributed by atoms with Crippen molar-refractivity contribution in [2.24, 2.45) is 5.10 Å². The van der Waals surface area contributed by atoms with E-state index in [0.717, 1.165) is 10.9 Å². The van der Waals surface area contributed by atoms with Gasteiger partial charge < -0.3 is 19.0 Å². The van der Waals surface area contributed by atoms with E-state index in [1.165, 1.54) is 20.4 Å². The van der Waals surface area contributed by atoms with Crippen LogP contribution in [-0.4, -0.2) is 31.4 Å². The first-order valence-electron chi connectivity index (χ1n) is 7.81. The number of fused-ring (bicyclic) bond motifs is 1. The lowest BCUT2D eigenvalue weighted by Crippen LogP contribution is -2.17. The predicted molar refractivity (Wildman–Crippen MR) is 97.2 cm³/mol. The van der Waals surface area contributed by atoms with E-state index < -0.39 is 5.91 Å². The number of rotatable bonds is 5. The fourth-order valence-corrected chi connectivity index (χ4v) is 2.60. The van der Waals surface area contributed by atoms with E-state index in [-0.39, 0.29) is 23.0 Å². The van der Waals surface area contributed by atoms with E-state index in [1.54, 1.807) is 18.2 Å². The van der Waals surface area contributed by atoms with Crippen LogP contribution in [0.4, 0.5) is 0 Å². The molecule has 2 aromatic carbocycles. The van der Waals surface area contributed by atoms with Crippen LogP contribution in [0.1, 0.15) is 21.7 Å². The third kappa shape index (κ3) is 3.19. The molecule has 3 aromatic rings. The summed E-state index contributed by atoms with van der Waals surface area (Å²) in [4.78, 5) is 12.3. The van der Waals surface area contributed by atoms with E-state index in [9.17, 15) is 9.90 Å². The molecule has 0 aliphatic carbocycles. The molecule has 0 fully saturated rings. The fraction of sp³-hybridized carbons (Fsp3) is 0.158. The number of aromatic hydroxyl groups is 1. The maximum atomic E-state index is 12.3. The summed E-state index contributed by atoms with van der Waals surface area (Å²) in [6.45, 7) is 1.82. The van der Waals surface area contributed by atoms with E-state index in [4.69, 9.17) is 13.9 Å². The molecule has 1 aromatic heterocycles. The summed E-state index contributed by atoms with van der Waals surface area (Å²) in [6.07, 6.45) is 1.42. The molecule has 3 rings (SSSR count). The van der Waals surface area contributed by atoms with Gasteiger partial charge in [0.05, 0.1) is 20.4 Å². The lowest BCUT2D eigenvalue weighted by molar-refractivity contribution is 0.0929. The van der Waals surface area contributed by atoms with E-state index in [2.05, 4.69) is 10.5 Å². The summed E-state index contributed by atoms with van der Waals surface area (Å²) in [5.74, 6) is 0.140. The molecule has 0 unspecified atom stereocenters. The minimum Gasteiger partial charge on any atom is -0.502 e. The third-order valence-electron chi connectivity index (χ3n) is 3.93. The molecule has 0 atom stereocenters. The number of aryl methyl sites for hydroxylation is 1. The van der Waals surface area contributed by atoms with Crippen LogP contribution in [0.15, 0.2) is 45.9 Å². The Balaban J connectivity index is 1.79. The highest BCUT2D eigenvalue weighted by molar-refractivity contribution is 5.99. The van der Waals surface area contributed by atoms with Crippen LogP contribution in [0.5, 0.6) is 17.2 Å². The first kappa shape index (κ1) is 17.3. The van der Waals surface area contributed by atoms with Crippen molar-refractivity contribution < 1.29 is 23.8 Å². The molecule has 7 nitrogen and oxygen atoms in total. The maximum absolute atomic E-state index is 12.3. The maximum Gasteiger partial charge on any atom is 0.307 e. The quantitative estimate of drug-likeness (QED) is 0.542. The summed E-state index contributed by atoms with van der Waals surface area (Å²) in [7, 11) is 2.86. The second-order valence-electron chi connectivity index (χ2n) is 5.53. The summed E-state index contributed by atoms with van der Waals surface area (Å²) >= 11 is 0. The number of nitrogens with zero attached hydrogens (tertiary/aromatic N) is 1. The summed E-state index contributed by atoms with van der Waals surface area (Å²) < 4.78 is 15.8. The Kier molecular flexibility index (Phi) is 4.79. The zero-order valence-electron chi connectivity index (χ0n) is 14.6. The number of ether oxygens (including phenoxy) is 2. The average molecular weight is 354 g/mol. The van der Waals surface area contributed by atoms with Crippen LogP contribution < -0.4 is 14.9 Å². The Morgan fingerprint density at radius 1 is 1.19 bits per heavy atom. The number of furan rings is 1. The number of hydrogen-bond donors (Lipinski definition) is 2. The van der Waals surface area contributed by atoms with Gasteiger partial charge in [0.25, 0.3) is 0 Å². The van der Waals surface area contributed by atoms with Crippen LogP contribution in [0, 0.1) is 6.92 Å². The van der Waals surface area contributed by atoms with Crippen LogP contribution >= 0.6 is 0 Å². The molecule has 7 heteroatoms. The standard InChI is InChI=1S/C19H18N2O5/c1-11-13-6-4-5-7-14(13)26-18(11)19(23)21-20-10-12-8-15(24-2)17(22)16(9-12)25-3/h4-10,22H,1-3H3,(H,21,23)/b20-10+. The zero-order chi connectivity index (χ0) is 18.7. The fourth-order valence-electron chi connectivity index (χ4n) is 2.60. The van der Waals surface area contributed by atoms with Crippen LogP contribution in [0.25, 0.3) is 11.0 Å². The van der Waals surface area contributed by atoms with E-state index in [1.807, 2.05) is 25.1 Å². The third-order valence-corrected chi connectivity index (χ3v) is 3.93. The number of para-hydroxylation sites is 1. The molecule has 0 radical (unpaired) electrons. The Morgan fingerprint density at radius 2 is 1.85 bits per heavy atom.